The largest absolute Gasteiger partial charge is 0.274 e. The normalized spacial score (nSPS) is 10.7. The van der Waals surface area contributed by atoms with Crippen LogP contribution in [0, 0.1) is 30.4 Å². The average molecular weight is 375 g/mol. The highest BCUT2D eigenvalue weighted by Crippen LogP contribution is 2.14. The Hall–Kier alpha value is -3.72. The molecule has 0 bridgehead atoms. The molecule has 0 saturated carbocycles. The van der Waals surface area contributed by atoms with Gasteiger partial charge in [-0.15, -0.1) is 0 Å². The fourth-order valence-electron chi connectivity index (χ4n) is 2.99. The van der Waals surface area contributed by atoms with Gasteiger partial charge in [0.2, 0.25) is 0 Å². The number of benzene rings is 2. The van der Waals surface area contributed by atoms with Crippen LogP contribution in [0.5, 0.6) is 0 Å². The molecule has 0 unspecified atom stereocenters. The number of aryl methyl sites for hydroxylation is 1. The summed E-state index contributed by atoms with van der Waals surface area (Å²) in [7, 11) is 0. The smallest absolute Gasteiger partial charge is 0.267 e. The van der Waals surface area contributed by atoms with Crippen LogP contribution in [0.3, 0.4) is 0 Å². The van der Waals surface area contributed by atoms with Crippen molar-refractivity contribution >= 4 is 5.65 Å². The molecule has 6 heteroatoms. The molecule has 0 amide bonds. The van der Waals surface area contributed by atoms with Gasteiger partial charge >= 0.3 is 0 Å². The van der Waals surface area contributed by atoms with Crippen LogP contribution >= 0.6 is 0 Å². The lowest BCUT2D eigenvalue weighted by Crippen LogP contribution is -2.20. The van der Waals surface area contributed by atoms with E-state index in [0.29, 0.717) is 22.6 Å². The molecule has 0 fully saturated rings. The number of hydrogen-bond donors (Lipinski definition) is 1. The van der Waals surface area contributed by atoms with Gasteiger partial charge in [0.15, 0.2) is 23.1 Å². The molecule has 4 rings (SSSR count). The zero-order chi connectivity index (χ0) is 19.7. The molecule has 0 aliphatic rings. The first-order valence-electron chi connectivity index (χ1n) is 8.63. The van der Waals surface area contributed by atoms with Gasteiger partial charge < -0.3 is 0 Å². The SMILES string of the molecule is Cc1cc(Cc2ccc(F)c(F)c2)c(=O)n2[nH]c(C#Cc3ccccc3)nc12. The molecule has 0 aliphatic heterocycles. The van der Waals surface area contributed by atoms with E-state index < -0.39 is 11.6 Å². The summed E-state index contributed by atoms with van der Waals surface area (Å²) in [6.45, 7) is 1.83. The summed E-state index contributed by atoms with van der Waals surface area (Å²) in [5.41, 5.74) is 2.76. The van der Waals surface area contributed by atoms with Gasteiger partial charge in [0.25, 0.3) is 5.56 Å². The summed E-state index contributed by atoms with van der Waals surface area (Å²) in [5, 5.41) is 2.91. The molecular weight excluding hydrogens is 360 g/mol. The zero-order valence-electron chi connectivity index (χ0n) is 15.0. The van der Waals surface area contributed by atoms with Gasteiger partial charge in [-0.1, -0.05) is 30.2 Å². The van der Waals surface area contributed by atoms with E-state index in [2.05, 4.69) is 21.9 Å². The standard InChI is InChI=1S/C22H15F2N3O/c1-14-11-17(12-16-7-9-18(23)19(24)13-16)22(28)27-21(14)25-20(26-27)10-8-15-5-3-2-4-6-15/h2-7,9,11,13H,12H2,1H3,(H,25,26). The number of nitrogens with one attached hydrogen (secondary N) is 1. The lowest BCUT2D eigenvalue weighted by molar-refractivity contribution is 0.507. The molecule has 28 heavy (non-hydrogen) atoms. The molecule has 4 nitrogen and oxygen atoms in total. The third-order valence-corrected chi connectivity index (χ3v) is 4.35. The molecule has 1 N–H and O–H groups in total. The summed E-state index contributed by atoms with van der Waals surface area (Å²) in [4.78, 5) is 17.2. The molecular formula is C22H15F2N3O. The maximum Gasteiger partial charge on any atom is 0.274 e. The fraction of sp³-hybridized carbons (Fsp3) is 0.0909. The Morgan fingerprint density at radius 2 is 1.82 bits per heavy atom. The van der Waals surface area contributed by atoms with Gasteiger partial charge in [0.1, 0.15) is 0 Å². The highest BCUT2D eigenvalue weighted by molar-refractivity contribution is 5.50. The number of nitrogens with zero attached hydrogens (tertiary/aromatic N) is 2. The number of fused-ring (bicyclic) bond motifs is 1. The van der Waals surface area contributed by atoms with Crippen molar-refractivity contribution < 1.29 is 8.78 Å². The van der Waals surface area contributed by atoms with Gasteiger partial charge in [-0.25, -0.2) is 13.8 Å². The summed E-state index contributed by atoms with van der Waals surface area (Å²) in [6.07, 6.45) is 0.184. The van der Waals surface area contributed by atoms with Crippen LogP contribution in [-0.2, 0) is 6.42 Å². The second-order valence-electron chi connectivity index (χ2n) is 6.43. The number of aromatic nitrogens is 3. The first kappa shape index (κ1) is 17.7. The summed E-state index contributed by atoms with van der Waals surface area (Å²) in [6, 6.07) is 14.8. The first-order valence-corrected chi connectivity index (χ1v) is 8.63. The van der Waals surface area contributed by atoms with Crippen LogP contribution in [-0.4, -0.2) is 14.6 Å². The van der Waals surface area contributed by atoms with Crippen LogP contribution in [0.15, 0.2) is 59.4 Å². The molecule has 0 spiro atoms. The highest BCUT2D eigenvalue weighted by atomic mass is 19.2. The Kier molecular flexibility index (Phi) is 4.50. The van der Waals surface area contributed by atoms with Crippen molar-refractivity contribution in [1.29, 1.82) is 0 Å². The molecule has 0 atom stereocenters. The van der Waals surface area contributed by atoms with Crippen molar-refractivity contribution in [2.75, 3.05) is 0 Å². The lowest BCUT2D eigenvalue weighted by atomic mass is 10.0. The van der Waals surface area contributed by atoms with Gasteiger partial charge in [-0.2, -0.15) is 4.52 Å². The molecule has 2 aromatic carbocycles. The molecule has 2 heterocycles. The fourth-order valence-corrected chi connectivity index (χ4v) is 2.99. The Balaban J connectivity index is 1.73. The quantitative estimate of drug-likeness (QED) is 0.544. The minimum absolute atomic E-state index is 0.184. The van der Waals surface area contributed by atoms with Crippen molar-refractivity contribution in [1.82, 2.24) is 14.6 Å². The van der Waals surface area contributed by atoms with Crippen molar-refractivity contribution in [3.8, 4) is 11.8 Å². The number of hydrogen-bond acceptors (Lipinski definition) is 2. The van der Waals surface area contributed by atoms with E-state index in [1.165, 1.54) is 10.6 Å². The van der Waals surface area contributed by atoms with Crippen molar-refractivity contribution in [2.45, 2.75) is 13.3 Å². The van der Waals surface area contributed by atoms with Crippen molar-refractivity contribution in [2.24, 2.45) is 0 Å². The first-order chi connectivity index (χ1) is 13.5. The molecule has 4 aromatic rings. The number of H-pyrrole nitrogens is 1. The summed E-state index contributed by atoms with van der Waals surface area (Å²) in [5.74, 6) is 4.43. The van der Waals surface area contributed by atoms with Crippen LogP contribution in [0.1, 0.15) is 28.1 Å². The predicted octanol–water partition coefficient (Wildman–Crippen LogP) is 3.60. The Bertz CT molecular complexity index is 1290. The number of aromatic amines is 1. The number of pyridine rings is 1. The summed E-state index contributed by atoms with van der Waals surface area (Å²) >= 11 is 0. The lowest BCUT2D eigenvalue weighted by Gasteiger charge is -2.05. The third-order valence-electron chi connectivity index (χ3n) is 4.35. The summed E-state index contributed by atoms with van der Waals surface area (Å²) < 4.78 is 27.9. The van der Waals surface area contributed by atoms with E-state index in [4.69, 9.17) is 0 Å². The van der Waals surface area contributed by atoms with E-state index in [9.17, 15) is 13.6 Å². The predicted molar refractivity (Wildman–Crippen MR) is 102 cm³/mol. The average Bonchev–Trinajstić information content (AvgIpc) is 3.13. The maximum atomic E-state index is 13.5. The zero-order valence-corrected chi connectivity index (χ0v) is 15.0. The second-order valence-corrected chi connectivity index (χ2v) is 6.43. The van der Waals surface area contributed by atoms with E-state index >= 15 is 0 Å². The minimum atomic E-state index is -0.935. The van der Waals surface area contributed by atoms with E-state index in [1.807, 2.05) is 37.3 Å². The molecule has 0 radical (unpaired) electrons. The molecule has 0 saturated heterocycles. The number of rotatable bonds is 2. The molecule has 138 valence electrons. The van der Waals surface area contributed by atoms with Gasteiger partial charge in [0, 0.05) is 17.5 Å². The van der Waals surface area contributed by atoms with Crippen LogP contribution in [0.25, 0.3) is 5.65 Å². The minimum Gasteiger partial charge on any atom is -0.267 e. The van der Waals surface area contributed by atoms with Crippen LogP contribution < -0.4 is 5.56 Å². The Morgan fingerprint density at radius 1 is 1.04 bits per heavy atom. The van der Waals surface area contributed by atoms with Crippen LogP contribution in [0.4, 0.5) is 8.78 Å². The number of halogens is 2. The van der Waals surface area contributed by atoms with Gasteiger partial charge in [0.05, 0.1) is 0 Å². The van der Waals surface area contributed by atoms with E-state index in [-0.39, 0.29) is 12.0 Å². The van der Waals surface area contributed by atoms with Crippen LogP contribution in [0.2, 0.25) is 0 Å². The van der Waals surface area contributed by atoms with Gasteiger partial charge in [-0.3, -0.25) is 9.89 Å². The highest BCUT2D eigenvalue weighted by Gasteiger charge is 2.12. The van der Waals surface area contributed by atoms with E-state index in [0.717, 1.165) is 23.3 Å². The van der Waals surface area contributed by atoms with Gasteiger partial charge in [-0.05, 0) is 54.3 Å². The van der Waals surface area contributed by atoms with Crippen molar-refractivity contribution in [3.05, 3.63) is 105 Å². The molecule has 2 aromatic heterocycles. The Labute approximate surface area is 159 Å². The molecule has 0 aliphatic carbocycles. The van der Waals surface area contributed by atoms with E-state index in [1.54, 1.807) is 6.07 Å². The third kappa shape index (κ3) is 3.42. The van der Waals surface area contributed by atoms with Crippen molar-refractivity contribution in [3.63, 3.8) is 0 Å². The topological polar surface area (TPSA) is 50.2 Å². The Morgan fingerprint density at radius 3 is 2.57 bits per heavy atom. The monoisotopic (exact) mass is 375 g/mol. The maximum absolute atomic E-state index is 13.5. The second kappa shape index (κ2) is 7.12.